The summed E-state index contributed by atoms with van der Waals surface area (Å²) in [6, 6.07) is 7.64. The second-order valence-corrected chi connectivity index (χ2v) is 5.03. The van der Waals surface area contributed by atoms with Crippen molar-refractivity contribution in [2.75, 3.05) is 20.1 Å². The van der Waals surface area contributed by atoms with Gasteiger partial charge < -0.3 is 15.0 Å². The minimum absolute atomic E-state index is 0.0636. The molecule has 0 spiro atoms. The van der Waals surface area contributed by atoms with Gasteiger partial charge >= 0.3 is 6.09 Å². The summed E-state index contributed by atoms with van der Waals surface area (Å²) in [6.07, 6.45) is 6.73. The number of rotatable bonds is 7. The fourth-order valence-corrected chi connectivity index (χ4v) is 1.86. The predicted octanol–water partition coefficient (Wildman–Crippen LogP) is 2.68. The smallest absolute Gasteiger partial charge is 0.410 e. The maximum Gasteiger partial charge on any atom is 0.414 e. The van der Waals surface area contributed by atoms with Crippen molar-refractivity contribution in [1.29, 1.82) is 0 Å². The Kier molecular flexibility index (Phi) is 7.34. The van der Waals surface area contributed by atoms with Crippen molar-refractivity contribution < 1.29 is 9.53 Å². The zero-order valence-corrected chi connectivity index (χ0v) is 13.1. The molecule has 0 saturated heterocycles. The summed E-state index contributed by atoms with van der Waals surface area (Å²) in [6.45, 7) is 5.45. The van der Waals surface area contributed by atoms with Crippen LogP contribution >= 0.6 is 0 Å². The topological polar surface area (TPSA) is 41.6 Å². The SMILES string of the molecule is C#CC(C)NCCc1cccc(OC(=O)N(C)CCC)c1. The van der Waals surface area contributed by atoms with Crippen LogP contribution in [0.25, 0.3) is 0 Å². The number of hydrogen-bond donors (Lipinski definition) is 1. The van der Waals surface area contributed by atoms with Crippen LogP contribution in [-0.2, 0) is 6.42 Å². The number of benzene rings is 1. The molecule has 4 nitrogen and oxygen atoms in total. The molecule has 0 aliphatic heterocycles. The van der Waals surface area contributed by atoms with Crippen molar-refractivity contribution in [3.63, 3.8) is 0 Å². The molecular weight excluding hydrogens is 264 g/mol. The molecule has 1 aromatic rings. The third kappa shape index (κ3) is 6.33. The monoisotopic (exact) mass is 288 g/mol. The largest absolute Gasteiger partial charge is 0.414 e. The number of carbonyl (C=O) groups is 1. The molecule has 0 fully saturated rings. The van der Waals surface area contributed by atoms with Crippen LogP contribution < -0.4 is 10.1 Å². The molecular formula is C17H24N2O2. The molecule has 1 amide bonds. The number of ether oxygens (including phenoxy) is 1. The number of carbonyl (C=O) groups excluding carboxylic acids is 1. The maximum atomic E-state index is 11.8. The first-order valence-corrected chi connectivity index (χ1v) is 7.28. The zero-order valence-electron chi connectivity index (χ0n) is 13.1. The molecule has 114 valence electrons. The Balaban J connectivity index is 2.52. The lowest BCUT2D eigenvalue weighted by Gasteiger charge is -2.16. The minimum Gasteiger partial charge on any atom is -0.410 e. The molecule has 1 aromatic carbocycles. The third-order valence-electron chi connectivity index (χ3n) is 3.09. The quantitative estimate of drug-likeness (QED) is 0.784. The second-order valence-electron chi connectivity index (χ2n) is 5.03. The van der Waals surface area contributed by atoms with E-state index in [0.717, 1.165) is 24.9 Å². The number of amides is 1. The minimum atomic E-state index is -0.326. The van der Waals surface area contributed by atoms with Gasteiger partial charge in [-0.05, 0) is 37.5 Å². The molecule has 4 heteroatoms. The van der Waals surface area contributed by atoms with E-state index >= 15 is 0 Å². The summed E-state index contributed by atoms with van der Waals surface area (Å²) in [7, 11) is 1.74. The van der Waals surface area contributed by atoms with E-state index < -0.39 is 0 Å². The van der Waals surface area contributed by atoms with Gasteiger partial charge in [0.1, 0.15) is 5.75 Å². The van der Waals surface area contributed by atoms with E-state index in [4.69, 9.17) is 11.2 Å². The first kappa shape index (κ1) is 17.1. The first-order valence-electron chi connectivity index (χ1n) is 7.28. The Labute approximate surface area is 127 Å². The van der Waals surface area contributed by atoms with Crippen molar-refractivity contribution in [1.82, 2.24) is 10.2 Å². The maximum absolute atomic E-state index is 11.8. The van der Waals surface area contributed by atoms with Gasteiger partial charge in [-0.15, -0.1) is 6.42 Å². The van der Waals surface area contributed by atoms with E-state index in [0.29, 0.717) is 12.3 Å². The van der Waals surface area contributed by atoms with E-state index in [2.05, 4.69) is 11.2 Å². The summed E-state index contributed by atoms with van der Waals surface area (Å²) >= 11 is 0. The molecule has 0 aliphatic rings. The highest BCUT2D eigenvalue weighted by molar-refractivity contribution is 5.70. The van der Waals surface area contributed by atoms with E-state index in [9.17, 15) is 4.79 Å². The molecule has 0 bridgehead atoms. The number of hydrogen-bond acceptors (Lipinski definition) is 3. The molecule has 1 N–H and O–H groups in total. The number of nitrogens with zero attached hydrogens (tertiary/aromatic N) is 1. The normalized spacial score (nSPS) is 11.5. The summed E-state index contributed by atoms with van der Waals surface area (Å²) in [4.78, 5) is 13.4. The van der Waals surface area contributed by atoms with Crippen LogP contribution in [0, 0.1) is 12.3 Å². The van der Waals surface area contributed by atoms with Crippen LogP contribution in [0.1, 0.15) is 25.8 Å². The third-order valence-corrected chi connectivity index (χ3v) is 3.09. The molecule has 0 aromatic heterocycles. The van der Waals surface area contributed by atoms with Crippen molar-refractivity contribution in [3.05, 3.63) is 29.8 Å². The van der Waals surface area contributed by atoms with E-state index in [1.165, 1.54) is 0 Å². The molecule has 0 aliphatic carbocycles. The average molecular weight is 288 g/mol. The molecule has 1 rings (SSSR count). The van der Waals surface area contributed by atoms with Crippen LogP contribution in [-0.4, -0.2) is 37.2 Å². The highest BCUT2D eigenvalue weighted by Crippen LogP contribution is 2.14. The van der Waals surface area contributed by atoms with Crippen LogP contribution in [0.2, 0.25) is 0 Å². The van der Waals surface area contributed by atoms with Gasteiger partial charge in [-0.2, -0.15) is 0 Å². The summed E-state index contributed by atoms with van der Waals surface area (Å²) in [5, 5.41) is 3.22. The van der Waals surface area contributed by atoms with Crippen molar-refractivity contribution >= 4 is 6.09 Å². The van der Waals surface area contributed by atoms with Gasteiger partial charge in [0, 0.05) is 20.1 Å². The van der Waals surface area contributed by atoms with Crippen molar-refractivity contribution in [2.24, 2.45) is 0 Å². The van der Waals surface area contributed by atoms with E-state index in [1.54, 1.807) is 18.0 Å². The molecule has 0 radical (unpaired) electrons. The van der Waals surface area contributed by atoms with Gasteiger partial charge in [0.15, 0.2) is 0 Å². The van der Waals surface area contributed by atoms with Crippen molar-refractivity contribution in [2.45, 2.75) is 32.7 Å². The number of terminal acetylenes is 1. The van der Waals surface area contributed by atoms with Gasteiger partial charge in [-0.25, -0.2) is 4.79 Å². The predicted molar refractivity (Wildman–Crippen MR) is 85.4 cm³/mol. The highest BCUT2D eigenvalue weighted by Gasteiger charge is 2.10. The Morgan fingerprint density at radius 3 is 2.95 bits per heavy atom. The van der Waals surface area contributed by atoms with Crippen LogP contribution in [0.15, 0.2) is 24.3 Å². The number of nitrogens with one attached hydrogen (secondary N) is 1. The van der Waals surface area contributed by atoms with Gasteiger partial charge in [-0.3, -0.25) is 0 Å². The van der Waals surface area contributed by atoms with Crippen LogP contribution in [0.3, 0.4) is 0 Å². The van der Waals surface area contributed by atoms with Gasteiger partial charge in [0.2, 0.25) is 0 Å². The first-order chi connectivity index (χ1) is 10.1. The van der Waals surface area contributed by atoms with Gasteiger partial charge in [-0.1, -0.05) is 25.0 Å². The Morgan fingerprint density at radius 1 is 1.52 bits per heavy atom. The molecule has 0 heterocycles. The lowest BCUT2D eigenvalue weighted by molar-refractivity contribution is 0.163. The zero-order chi connectivity index (χ0) is 15.7. The molecule has 0 saturated carbocycles. The van der Waals surface area contributed by atoms with Gasteiger partial charge in [0.05, 0.1) is 6.04 Å². The van der Waals surface area contributed by atoms with E-state index in [1.807, 2.05) is 32.0 Å². The summed E-state index contributed by atoms with van der Waals surface area (Å²) in [5.41, 5.74) is 1.11. The molecule has 1 atom stereocenters. The van der Waals surface area contributed by atoms with Crippen LogP contribution in [0.5, 0.6) is 5.75 Å². The van der Waals surface area contributed by atoms with Crippen LogP contribution in [0.4, 0.5) is 4.79 Å². The average Bonchev–Trinajstić information content (AvgIpc) is 2.47. The Hall–Kier alpha value is -1.99. The molecule has 21 heavy (non-hydrogen) atoms. The lowest BCUT2D eigenvalue weighted by atomic mass is 10.1. The summed E-state index contributed by atoms with van der Waals surface area (Å²) < 4.78 is 5.35. The second kappa shape index (κ2) is 9.04. The standard InChI is InChI=1S/C17H24N2O2/c1-5-12-19(4)17(20)21-16-9-7-8-15(13-16)10-11-18-14(3)6-2/h2,7-9,13-14,18H,5,10-12H2,1,3-4H3. The van der Waals surface area contributed by atoms with Crippen molar-refractivity contribution in [3.8, 4) is 18.1 Å². The fraction of sp³-hybridized carbons (Fsp3) is 0.471. The van der Waals surface area contributed by atoms with Gasteiger partial charge in [0.25, 0.3) is 0 Å². The molecule has 1 unspecified atom stereocenters. The van der Waals surface area contributed by atoms with E-state index in [-0.39, 0.29) is 12.1 Å². The highest BCUT2D eigenvalue weighted by atomic mass is 16.6. The Bertz CT molecular complexity index is 494. The lowest BCUT2D eigenvalue weighted by Crippen LogP contribution is -2.30. The fourth-order valence-electron chi connectivity index (χ4n) is 1.86. The Morgan fingerprint density at radius 2 is 2.29 bits per heavy atom. The summed E-state index contributed by atoms with van der Waals surface area (Å²) in [5.74, 6) is 3.20.